The molecule has 0 bridgehead atoms. The molecular weight excluding hydrogens is 408 g/mol. The molecule has 1 atom stereocenters. The topological polar surface area (TPSA) is 105 Å². The highest BCUT2D eigenvalue weighted by Gasteiger charge is 2.30. The molecule has 2 aromatic rings. The first kappa shape index (κ1) is 23.3. The SMILES string of the molecule is CC(CC(=O)O)NC(=O)CCC(C)(C)NC(=O)OCC1c2ccccc2-c2ccccc21. The van der Waals surface area contributed by atoms with E-state index < -0.39 is 23.6 Å². The van der Waals surface area contributed by atoms with Crippen LogP contribution in [-0.4, -0.2) is 41.3 Å². The molecule has 0 heterocycles. The van der Waals surface area contributed by atoms with Crippen LogP contribution in [0.25, 0.3) is 11.1 Å². The van der Waals surface area contributed by atoms with Gasteiger partial charge in [0.05, 0.1) is 6.42 Å². The monoisotopic (exact) mass is 438 g/mol. The Kier molecular flexibility index (Phi) is 7.18. The van der Waals surface area contributed by atoms with E-state index in [1.165, 1.54) is 11.1 Å². The van der Waals surface area contributed by atoms with Crippen molar-refractivity contribution in [3.63, 3.8) is 0 Å². The van der Waals surface area contributed by atoms with E-state index in [0.29, 0.717) is 6.42 Å². The van der Waals surface area contributed by atoms with Crippen LogP contribution in [0, 0.1) is 0 Å². The summed E-state index contributed by atoms with van der Waals surface area (Å²) in [5.74, 6) is -1.23. The van der Waals surface area contributed by atoms with E-state index in [2.05, 4.69) is 34.9 Å². The summed E-state index contributed by atoms with van der Waals surface area (Å²) in [6, 6.07) is 15.8. The molecule has 32 heavy (non-hydrogen) atoms. The first-order valence-corrected chi connectivity index (χ1v) is 10.8. The van der Waals surface area contributed by atoms with Crippen molar-refractivity contribution < 1.29 is 24.2 Å². The standard InChI is InChI=1S/C25H30N2O5/c1-16(14-23(29)30)26-22(28)12-13-25(2,3)27-24(31)32-15-21-19-10-6-4-8-17(19)18-9-5-7-11-20(18)21/h4-11,16,21H,12-15H2,1-3H3,(H,26,28)(H,27,31)(H,29,30). The lowest BCUT2D eigenvalue weighted by Crippen LogP contribution is -2.45. The average Bonchev–Trinajstić information content (AvgIpc) is 3.04. The van der Waals surface area contributed by atoms with E-state index in [4.69, 9.17) is 9.84 Å². The maximum absolute atomic E-state index is 12.5. The number of alkyl carbamates (subject to hydrolysis) is 1. The van der Waals surface area contributed by atoms with Gasteiger partial charge in [-0.2, -0.15) is 0 Å². The van der Waals surface area contributed by atoms with Crippen LogP contribution in [0.1, 0.15) is 57.1 Å². The lowest BCUT2D eigenvalue weighted by atomic mass is 9.98. The lowest BCUT2D eigenvalue weighted by Gasteiger charge is -2.26. The average molecular weight is 439 g/mol. The fourth-order valence-electron chi connectivity index (χ4n) is 4.06. The third-order valence-corrected chi connectivity index (χ3v) is 5.65. The van der Waals surface area contributed by atoms with Crippen LogP contribution in [-0.2, 0) is 14.3 Å². The van der Waals surface area contributed by atoms with Crippen molar-refractivity contribution in [1.29, 1.82) is 0 Å². The maximum Gasteiger partial charge on any atom is 0.407 e. The van der Waals surface area contributed by atoms with Gasteiger partial charge < -0.3 is 20.5 Å². The highest BCUT2D eigenvalue weighted by molar-refractivity contribution is 5.79. The van der Waals surface area contributed by atoms with Gasteiger partial charge in [0, 0.05) is 23.9 Å². The minimum absolute atomic E-state index is 0.0160. The van der Waals surface area contributed by atoms with Crippen molar-refractivity contribution in [2.75, 3.05) is 6.61 Å². The largest absolute Gasteiger partial charge is 0.481 e. The van der Waals surface area contributed by atoms with E-state index in [1.54, 1.807) is 6.92 Å². The predicted octanol–water partition coefficient (Wildman–Crippen LogP) is 4.06. The zero-order valence-electron chi connectivity index (χ0n) is 18.7. The van der Waals surface area contributed by atoms with Crippen molar-refractivity contribution in [3.8, 4) is 11.1 Å². The molecule has 170 valence electrons. The first-order chi connectivity index (χ1) is 15.2. The molecule has 0 aliphatic heterocycles. The molecule has 1 aliphatic carbocycles. The smallest absolute Gasteiger partial charge is 0.407 e. The molecule has 3 N–H and O–H groups in total. The second-order valence-electron chi connectivity index (χ2n) is 8.90. The van der Waals surface area contributed by atoms with E-state index in [0.717, 1.165) is 11.1 Å². The summed E-state index contributed by atoms with van der Waals surface area (Å²) >= 11 is 0. The van der Waals surface area contributed by atoms with Gasteiger partial charge in [-0.1, -0.05) is 48.5 Å². The van der Waals surface area contributed by atoms with Crippen LogP contribution >= 0.6 is 0 Å². The summed E-state index contributed by atoms with van der Waals surface area (Å²) in [6.45, 7) is 5.51. The summed E-state index contributed by atoms with van der Waals surface area (Å²) in [4.78, 5) is 35.2. The van der Waals surface area contributed by atoms with Gasteiger partial charge in [0.1, 0.15) is 6.61 Å². The summed E-state index contributed by atoms with van der Waals surface area (Å²) < 4.78 is 5.57. The maximum atomic E-state index is 12.5. The molecule has 7 heteroatoms. The van der Waals surface area contributed by atoms with Crippen molar-refractivity contribution in [2.45, 2.75) is 57.5 Å². The Bertz CT molecular complexity index is 956. The summed E-state index contributed by atoms with van der Waals surface area (Å²) in [6.07, 6.45) is -0.104. The lowest BCUT2D eigenvalue weighted by molar-refractivity contribution is -0.137. The quantitative estimate of drug-likeness (QED) is 0.548. The van der Waals surface area contributed by atoms with Crippen molar-refractivity contribution in [3.05, 3.63) is 59.7 Å². The summed E-state index contributed by atoms with van der Waals surface area (Å²) in [7, 11) is 0. The van der Waals surface area contributed by atoms with Crippen LogP contribution in [0.3, 0.4) is 0 Å². The molecule has 1 aliphatic rings. The number of hydrogen-bond donors (Lipinski definition) is 3. The van der Waals surface area contributed by atoms with Crippen molar-refractivity contribution in [1.82, 2.24) is 10.6 Å². The van der Waals surface area contributed by atoms with Gasteiger partial charge in [-0.15, -0.1) is 0 Å². The fourth-order valence-corrected chi connectivity index (χ4v) is 4.06. The molecule has 0 radical (unpaired) electrons. The number of carbonyl (C=O) groups is 3. The summed E-state index contributed by atoms with van der Waals surface area (Å²) in [5.41, 5.74) is 3.97. The number of ether oxygens (including phenoxy) is 1. The zero-order chi connectivity index (χ0) is 23.3. The minimum Gasteiger partial charge on any atom is -0.481 e. The Hall–Kier alpha value is -3.35. The molecule has 0 fully saturated rings. The van der Waals surface area contributed by atoms with Crippen molar-refractivity contribution >= 4 is 18.0 Å². The van der Waals surface area contributed by atoms with Crippen LogP contribution in [0.5, 0.6) is 0 Å². The van der Waals surface area contributed by atoms with Crippen LogP contribution in [0.4, 0.5) is 4.79 Å². The molecule has 0 aromatic heterocycles. The van der Waals surface area contributed by atoms with E-state index >= 15 is 0 Å². The number of amides is 2. The Morgan fingerprint density at radius 2 is 1.59 bits per heavy atom. The number of nitrogens with one attached hydrogen (secondary N) is 2. The predicted molar refractivity (Wildman–Crippen MR) is 121 cm³/mol. The molecule has 0 saturated carbocycles. The second kappa shape index (κ2) is 9.85. The van der Waals surface area contributed by atoms with Crippen LogP contribution in [0.15, 0.2) is 48.5 Å². The number of carboxylic acids is 1. The molecule has 7 nitrogen and oxygen atoms in total. The Balaban J connectivity index is 1.51. The van der Waals surface area contributed by atoms with Crippen LogP contribution < -0.4 is 10.6 Å². The second-order valence-corrected chi connectivity index (χ2v) is 8.90. The number of fused-ring (bicyclic) bond motifs is 3. The number of carboxylic acid groups (broad SMARTS) is 1. The molecule has 2 amide bonds. The van der Waals surface area contributed by atoms with Gasteiger partial charge in [-0.3, -0.25) is 9.59 Å². The van der Waals surface area contributed by atoms with Gasteiger partial charge in [-0.05, 0) is 49.4 Å². The zero-order valence-corrected chi connectivity index (χ0v) is 18.7. The number of carbonyl (C=O) groups excluding carboxylic acids is 2. The Morgan fingerprint density at radius 1 is 1.03 bits per heavy atom. The van der Waals surface area contributed by atoms with Gasteiger partial charge in [0.25, 0.3) is 0 Å². The van der Waals surface area contributed by atoms with Crippen LogP contribution in [0.2, 0.25) is 0 Å². The van der Waals surface area contributed by atoms with Gasteiger partial charge >= 0.3 is 12.1 Å². The molecule has 2 aromatic carbocycles. The number of rotatable bonds is 9. The Labute approximate surface area is 188 Å². The number of hydrogen-bond acceptors (Lipinski definition) is 4. The van der Waals surface area contributed by atoms with Gasteiger partial charge in [-0.25, -0.2) is 4.79 Å². The molecular formula is C25H30N2O5. The third-order valence-electron chi connectivity index (χ3n) is 5.65. The summed E-state index contributed by atoms with van der Waals surface area (Å²) in [5, 5.41) is 14.3. The molecule has 1 unspecified atom stereocenters. The molecule has 0 spiro atoms. The Morgan fingerprint density at radius 3 is 2.16 bits per heavy atom. The molecule has 0 saturated heterocycles. The minimum atomic E-state index is -0.963. The fraction of sp³-hybridized carbons (Fsp3) is 0.400. The van der Waals surface area contributed by atoms with E-state index in [1.807, 2.05) is 38.1 Å². The number of aliphatic carboxylic acids is 1. The van der Waals surface area contributed by atoms with Gasteiger partial charge in [0.2, 0.25) is 5.91 Å². The number of benzene rings is 2. The highest BCUT2D eigenvalue weighted by Crippen LogP contribution is 2.44. The van der Waals surface area contributed by atoms with Gasteiger partial charge in [0.15, 0.2) is 0 Å². The molecule has 3 rings (SSSR count). The third kappa shape index (κ3) is 5.87. The van der Waals surface area contributed by atoms with E-state index in [-0.39, 0.29) is 31.3 Å². The highest BCUT2D eigenvalue weighted by atomic mass is 16.5. The van der Waals surface area contributed by atoms with E-state index in [9.17, 15) is 14.4 Å². The normalized spacial score (nSPS) is 13.6. The van der Waals surface area contributed by atoms with Crippen molar-refractivity contribution in [2.24, 2.45) is 0 Å². The first-order valence-electron chi connectivity index (χ1n) is 10.8.